The standard InChI is InChI=1S/C6H12N6/c1-12(2)6-10-4(8)3(7)5(9)11-6/h7H2,1-2H3,(H4,8,9,10,11). The molecule has 0 aromatic carbocycles. The summed E-state index contributed by atoms with van der Waals surface area (Å²) in [5, 5.41) is 0. The van der Waals surface area contributed by atoms with E-state index in [1.54, 1.807) is 19.0 Å². The average Bonchev–Trinajstić information content (AvgIpc) is 1.99. The SMILES string of the molecule is CN(C)c1nc(N)c(N)c(N)n1. The zero-order valence-corrected chi connectivity index (χ0v) is 7.07. The van der Waals surface area contributed by atoms with Crippen LogP contribution in [-0.2, 0) is 0 Å². The van der Waals surface area contributed by atoms with Gasteiger partial charge in [-0.2, -0.15) is 9.97 Å². The highest BCUT2D eigenvalue weighted by Gasteiger charge is 2.06. The summed E-state index contributed by atoms with van der Waals surface area (Å²) in [4.78, 5) is 9.54. The van der Waals surface area contributed by atoms with Gasteiger partial charge in [0.25, 0.3) is 0 Å². The average molecular weight is 168 g/mol. The van der Waals surface area contributed by atoms with Crippen LogP contribution in [0, 0.1) is 0 Å². The first-order chi connectivity index (χ1) is 5.52. The highest BCUT2D eigenvalue weighted by molar-refractivity contribution is 5.72. The lowest BCUT2D eigenvalue weighted by Crippen LogP contribution is -2.16. The number of nitrogens with two attached hydrogens (primary N) is 3. The van der Waals surface area contributed by atoms with E-state index in [1.807, 2.05) is 0 Å². The van der Waals surface area contributed by atoms with E-state index < -0.39 is 0 Å². The lowest BCUT2D eigenvalue weighted by Gasteiger charge is -2.12. The number of nitrogens with zero attached hydrogens (tertiary/aromatic N) is 3. The third kappa shape index (κ3) is 1.31. The summed E-state index contributed by atoms with van der Waals surface area (Å²) in [5.74, 6) is 0.886. The fourth-order valence-electron chi connectivity index (χ4n) is 0.692. The third-order valence-electron chi connectivity index (χ3n) is 1.39. The van der Waals surface area contributed by atoms with Crippen LogP contribution in [0.2, 0.25) is 0 Å². The van der Waals surface area contributed by atoms with Crippen LogP contribution in [0.1, 0.15) is 0 Å². The molecule has 1 aromatic rings. The molecular weight excluding hydrogens is 156 g/mol. The van der Waals surface area contributed by atoms with Crippen LogP contribution in [0.25, 0.3) is 0 Å². The van der Waals surface area contributed by atoms with Crippen molar-refractivity contribution in [3.63, 3.8) is 0 Å². The molecule has 66 valence electrons. The number of nitrogen functional groups attached to an aromatic ring is 3. The van der Waals surface area contributed by atoms with E-state index in [9.17, 15) is 0 Å². The minimum Gasteiger partial charge on any atom is -0.393 e. The van der Waals surface area contributed by atoms with Crippen LogP contribution >= 0.6 is 0 Å². The second-order valence-corrected chi connectivity index (χ2v) is 2.60. The molecule has 0 saturated carbocycles. The zero-order chi connectivity index (χ0) is 9.30. The maximum atomic E-state index is 5.48. The van der Waals surface area contributed by atoms with Crippen molar-refractivity contribution in [3.05, 3.63) is 0 Å². The first kappa shape index (κ1) is 8.38. The van der Waals surface area contributed by atoms with Crippen molar-refractivity contribution < 1.29 is 0 Å². The fraction of sp³-hybridized carbons (Fsp3) is 0.333. The molecule has 0 aliphatic heterocycles. The summed E-state index contributed by atoms with van der Waals surface area (Å²) in [6, 6.07) is 0. The molecule has 1 rings (SSSR count). The van der Waals surface area contributed by atoms with Gasteiger partial charge >= 0.3 is 0 Å². The number of hydrogen-bond acceptors (Lipinski definition) is 6. The lowest BCUT2D eigenvalue weighted by atomic mass is 10.4. The summed E-state index contributed by atoms with van der Waals surface area (Å²) in [6.07, 6.45) is 0. The van der Waals surface area contributed by atoms with E-state index >= 15 is 0 Å². The van der Waals surface area contributed by atoms with Gasteiger partial charge in [-0.3, -0.25) is 0 Å². The molecule has 0 aliphatic rings. The molecule has 0 unspecified atom stereocenters. The number of rotatable bonds is 1. The maximum Gasteiger partial charge on any atom is 0.228 e. The fourth-order valence-corrected chi connectivity index (χ4v) is 0.692. The minimum atomic E-state index is 0.214. The van der Waals surface area contributed by atoms with Crippen molar-refractivity contribution >= 4 is 23.3 Å². The van der Waals surface area contributed by atoms with Crippen molar-refractivity contribution in [3.8, 4) is 0 Å². The molecule has 1 aromatic heterocycles. The Kier molecular flexibility index (Phi) is 1.90. The predicted octanol–water partition coefficient (Wildman–Crippen LogP) is -0.711. The molecule has 0 bridgehead atoms. The van der Waals surface area contributed by atoms with Gasteiger partial charge in [0.2, 0.25) is 5.95 Å². The third-order valence-corrected chi connectivity index (χ3v) is 1.39. The van der Waals surface area contributed by atoms with Crippen molar-refractivity contribution in [2.45, 2.75) is 0 Å². The summed E-state index contributed by atoms with van der Waals surface area (Å²) < 4.78 is 0. The van der Waals surface area contributed by atoms with Gasteiger partial charge in [-0.05, 0) is 0 Å². The zero-order valence-electron chi connectivity index (χ0n) is 7.07. The van der Waals surface area contributed by atoms with Crippen molar-refractivity contribution in [1.82, 2.24) is 9.97 Å². The lowest BCUT2D eigenvalue weighted by molar-refractivity contribution is 1.01. The molecule has 0 amide bonds. The van der Waals surface area contributed by atoms with Crippen molar-refractivity contribution in [1.29, 1.82) is 0 Å². The molecule has 0 fully saturated rings. The molecule has 0 aliphatic carbocycles. The van der Waals surface area contributed by atoms with Crippen LogP contribution < -0.4 is 22.1 Å². The number of anilines is 4. The molecule has 6 N–H and O–H groups in total. The monoisotopic (exact) mass is 168 g/mol. The van der Waals surface area contributed by atoms with Gasteiger partial charge < -0.3 is 22.1 Å². The molecule has 6 nitrogen and oxygen atoms in total. The molecule has 12 heavy (non-hydrogen) atoms. The van der Waals surface area contributed by atoms with Gasteiger partial charge in [-0.1, -0.05) is 0 Å². The van der Waals surface area contributed by atoms with E-state index in [-0.39, 0.29) is 17.3 Å². The first-order valence-corrected chi connectivity index (χ1v) is 3.38. The molecule has 1 heterocycles. The minimum absolute atomic E-state index is 0.214. The summed E-state index contributed by atoms with van der Waals surface area (Å²) in [7, 11) is 3.59. The maximum absolute atomic E-state index is 5.48. The summed E-state index contributed by atoms with van der Waals surface area (Å²) in [6.45, 7) is 0. The highest BCUT2D eigenvalue weighted by Crippen LogP contribution is 2.20. The van der Waals surface area contributed by atoms with Crippen molar-refractivity contribution in [2.24, 2.45) is 0 Å². The largest absolute Gasteiger partial charge is 0.393 e. The Labute approximate surface area is 70.4 Å². The Morgan fingerprint density at radius 1 is 1.00 bits per heavy atom. The van der Waals surface area contributed by atoms with E-state index in [1.165, 1.54) is 0 Å². The van der Waals surface area contributed by atoms with Crippen molar-refractivity contribution in [2.75, 3.05) is 36.2 Å². The van der Waals surface area contributed by atoms with E-state index in [4.69, 9.17) is 17.2 Å². The second kappa shape index (κ2) is 2.72. The van der Waals surface area contributed by atoms with E-state index in [0.29, 0.717) is 5.95 Å². The molecule has 6 heteroatoms. The van der Waals surface area contributed by atoms with Gasteiger partial charge in [0, 0.05) is 14.1 Å². The van der Waals surface area contributed by atoms with E-state index in [2.05, 4.69) is 9.97 Å². The second-order valence-electron chi connectivity index (χ2n) is 2.60. The van der Waals surface area contributed by atoms with Crippen LogP contribution in [0.4, 0.5) is 23.3 Å². The van der Waals surface area contributed by atoms with Crippen LogP contribution in [-0.4, -0.2) is 24.1 Å². The molecule has 0 atom stereocenters. The van der Waals surface area contributed by atoms with Crippen LogP contribution in [0.15, 0.2) is 0 Å². The Morgan fingerprint density at radius 3 is 1.75 bits per heavy atom. The Bertz CT molecular complexity index is 271. The topological polar surface area (TPSA) is 107 Å². The van der Waals surface area contributed by atoms with Gasteiger partial charge in [0.1, 0.15) is 5.69 Å². The van der Waals surface area contributed by atoms with Gasteiger partial charge in [-0.25, -0.2) is 0 Å². The van der Waals surface area contributed by atoms with Gasteiger partial charge in [0.05, 0.1) is 0 Å². The molecule has 0 radical (unpaired) electrons. The predicted molar refractivity (Wildman–Crippen MR) is 49.6 cm³/mol. The first-order valence-electron chi connectivity index (χ1n) is 3.38. The van der Waals surface area contributed by atoms with Gasteiger partial charge in [-0.15, -0.1) is 0 Å². The number of hydrogen-bond donors (Lipinski definition) is 3. The summed E-state index contributed by atoms with van der Waals surface area (Å²) >= 11 is 0. The van der Waals surface area contributed by atoms with Crippen LogP contribution in [0.3, 0.4) is 0 Å². The van der Waals surface area contributed by atoms with Gasteiger partial charge in [0.15, 0.2) is 11.6 Å². The van der Waals surface area contributed by atoms with Crippen LogP contribution in [0.5, 0.6) is 0 Å². The summed E-state index contributed by atoms with van der Waals surface area (Å²) in [5.41, 5.74) is 16.6. The normalized spacial score (nSPS) is 9.83. The molecular formula is C6H12N6. The number of aromatic nitrogens is 2. The van der Waals surface area contributed by atoms with E-state index in [0.717, 1.165) is 0 Å². The highest BCUT2D eigenvalue weighted by atomic mass is 15.2. The quantitative estimate of drug-likeness (QED) is 0.511. The Hall–Kier alpha value is -1.72. The Morgan fingerprint density at radius 2 is 1.42 bits per heavy atom. The molecule has 0 spiro atoms. The smallest absolute Gasteiger partial charge is 0.228 e. The molecule has 0 saturated heterocycles. The Balaban J connectivity index is 3.21.